The summed E-state index contributed by atoms with van der Waals surface area (Å²) < 4.78 is 1.79. The van der Waals surface area contributed by atoms with E-state index in [4.69, 9.17) is 4.98 Å². The van der Waals surface area contributed by atoms with E-state index in [-0.39, 0.29) is 5.92 Å². The van der Waals surface area contributed by atoms with Crippen LogP contribution in [-0.4, -0.2) is 52.8 Å². The number of allylic oxidation sites excluding steroid dienone is 5. The molecule has 0 bridgehead atoms. The molecule has 1 fully saturated rings. The molecule has 1 aliphatic heterocycles. The van der Waals surface area contributed by atoms with E-state index in [0.29, 0.717) is 11.7 Å². The Morgan fingerprint density at radius 3 is 2.51 bits per heavy atom. The van der Waals surface area contributed by atoms with E-state index in [1.165, 1.54) is 5.56 Å². The summed E-state index contributed by atoms with van der Waals surface area (Å²) in [5.41, 5.74) is 6.18. The van der Waals surface area contributed by atoms with Gasteiger partial charge >= 0.3 is 0 Å². The SMILES string of the molecule is C=C(/C=C\C=C/C)c1nc(C2CN(Cc3ccc(-c4nc5nc(C(C)C)nn5cc4-c4ccccc4)cc3)C2)n[nH]1. The van der Waals surface area contributed by atoms with Crippen LogP contribution in [0.1, 0.15) is 55.6 Å². The molecular weight excluding hydrogens is 508 g/mol. The summed E-state index contributed by atoms with van der Waals surface area (Å²) in [6.45, 7) is 13.0. The number of fused-ring (bicyclic) bond motifs is 1. The van der Waals surface area contributed by atoms with E-state index >= 15 is 0 Å². The van der Waals surface area contributed by atoms with Gasteiger partial charge in [-0.15, -0.1) is 5.10 Å². The van der Waals surface area contributed by atoms with Gasteiger partial charge in [0.25, 0.3) is 5.78 Å². The lowest BCUT2D eigenvalue weighted by atomic mass is 9.97. The van der Waals surface area contributed by atoms with Gasteiger partial charge in [-0.05, 0) is 18.1 Å². The lowest BCUT2D eigenvalue weighted by molar-refractivity contribution is 0.135. The van der Waals surface area contributed by atoms with Crippen LogP contribution < -0.4 is 0 Å². The Hall–Kier alpha value is -4.69. The largest absolute Gasteiger partial charge is 0.298 e. The first kappa shape index (κ1) is 26.5. The topological polar surface area (TPSA) is 87.9 Å². The Labute approximate surface area is 240 Å². The fourth-order valence-corrected chi connectivity index (χ4v) is 4.98. The third kappa shape index (κ3) is 5.64. The summed E-state index contributed by atoms with van der Waals surface area (Å²) in [5.74, 6) is 3.56. The average molecular weight is 543 g/mol. The van der Waals surface area contributed by atoms with E-state index in [1.54, 1.807) is 4.52 Å². The van der Waals surface area contributed by atoms with Gasteiger partial charge in [-0.3, -0.25) is 10.00 Å². The number of aromatic amines is 1. The van der Waals surface area contributed by atoms with Crippen molar-refractivity contribution >= 4 is 11.4 Å². The molecule has 4 heterocycles. The fraction of sp³-hybridized carbons (Fsp3) is 0.242. The van der Waals surface area contributed by atoms with Gasteiger partial charge in [0.05, 0.1) is 5.69 Å². The molecule has 206 valence electrons. The standard InChI is InChI=1S/C33H34N8/c1-5-6-8-11-23(4)31-35-32(38-37-31)27-19-40(20-27)18-24-14-16-26(17-15-24)29-28(25-12-9-7-10-13-25)21-41-33(34-29)36-30(39-41)22(2)3/h5-17,21-22,27H,4,18-20H2,1-3H3,(H,35,37,38)/b6-5-,11-8-. The first-order chi connectivity index (χ1) is 20.0. The molecule has 0 atom stereocenters. The van der Waals surface area contributed by atoms with Crippen LogP contribution in [0.25, 0.3) is 33.7 Å². The number of nitrogens with one attached hydrogen (secondary N) is 1. The number of hydrogen-bond acceptors (Lipinski definition) is 6. The van der Waals surface area contributed by atoms with E-state index < -0.39 is 0 Å². The second kappa shape index (κ2) is 11.4. The molecule has 0 spiro atoms. The van der Waals surface area contributed by atoms with Crippen LogP contribution in [0.4, 0.5) is 0 Å². The van der Waals surface area contributed by atoms with Crippen molar-refractivity contribution in [3.8, 4) is 22.4 Å². The third-order valence-electron chi connectivity index (χ3n) is 7.31. The lowest BCUT2D eigenvalue weighted by Crippen LogP contribution is -2.44. The van der Waals surface area contributed by atoms with Crippen LogP contribution >= 0.6 is 0 Å². The molecule has 0 radical (unpaired) electrons. The monoisotopic (exact) mass is 542 g/mol. The van der Waals surface area contributed by atoms with Crippen LogP contribution in [0.5, 0.6) is 0 Å². The zero-order valence-corrected chi connectivity index (χ0v) is 23.7. The molecule has 1 N–H and O–H groups in total. The first-order valence-electron chi connectivity index (χ1n) is 14.0. The molecular formula is C33H34N8. The highest BCUT2D eigenvalue weighted by Crippen LogP contribution is 2.32. The highest BCUT2D eigenvalue weighted by Gasteiger charge is 2.31. The van der Waals surface area contributed by atoms with Crippen LogP contribution in [0.15, 0.2) is 91.7 Å². The fourth-order valence-electron chi connectivity index (χ4n) is 4.98. The van der Waals surface area contributed by atoms with Crippen LogP contribution in [0, 0.1) is 0 Å². The van der Waals surface area contributed by atoms with Crippen molar-refractivity contribution in [2.24, 2.45) is 0 Å². The maximum absolute atomic E-state index is 4.97. The van der Waals surface area contributed by atoms with Crippen molar-refractivity contribution in [1.29, 1.82) is 0 Å². The molecule has 1 saturated heterocycles. The van der Waals surface area contributed by atoms with Crippen LogP contribution in [0.2, 0.25) is 0 Å². The number of rotatable bonds is 9. The second-order valence-electron chi connectivity index (χ2n) is 10.8. The number of nitrogens with zero attached hydrogens (tertiary/aromatic N) is 7. The summed E-state index contributed by atoms with van der Waals surface area (Å²) in [7, 11) is 0. The number of H-pyrrole nitrogens is 1. The maximum Gasteiger partial charge on any atom is 0.253 e. The molecule has 1 aliphatic rings. The molecule has 41 heavy (non-hydrogen) atoms. The van der Waals surface area contributed by atoms with Gasteiger partial charge in [0.2, 0.25) is 0 Å². The van der Waals surface area contributed by atoms with E-state index in [9.17, 15) is 0 Å². The van der Waals surface area contributed by atoms with Crippen molar-refractivity contribution in [1.82, 2.24) is 39.7 Å². The summed E-state index contributed by atoms with van der Waals surface area (Å²) >= 11 is 0. The van der Waals surface area contributed by atoms with E-state index in [1.807, 2.05) is 55.6 Å². The highest BCUT2D eigenvalue weighted by atomic mass is 15.3. The summed E-state index contributed by atoms with van der Waals surface area (Å²) in [6.07, 6.45) is 9.88. The number of aromatic nitrogens is 7. The van der Waals surface area contributed by atoms with Gasteiger partial charge in [-0.2, -0.15) is 10.1 Å². The molecule has 0 amide bonds. The number of hydrogen-bond donors (Lipinski definition) is 1. The van der Waals surface area contributed by atoms with Gasteiger partial charge in [0, 0.05) is 54.4 Å². The number of benzene rings is 2. The quantitative estimate of drug-likeness (QED) is 0.216. The Morgan fingerprint density at radius 2 is 1.78 bits per heavy atom. The molecule has 8 heteroatoms. The molecule has 5 aromatic rings. The highest BCUT2D eigenvalue weighted by molar-refractivity contribution is 5.81. The lowest BCUT2D eigenvalue weighted by Gasteiger charge is -2.37. The Bertz CT molecular complexity index is 1720. The molecule has 0 saturated carbocycles. The molecule has 0 aliphatic carbocycles. The van der Waals surface area contributed by atoms with Gasteiger partial charge in [-0.1, -0.05) is 99.3 Å². The van der Waals surface area contributed by atoms with Crippen LogP contribution in [0.3, 0.4) is 0 Å². The average Bonchev–Trinajstić information content (AvgIpc) is 3.62. The Morgan fingerprint density at radius 1 is 1.00 bits per heavy atom. The van der Waals surface area contributed by atoms with Crippen molar-refractivity contribution in [2.45, 2.75) is 39.2 Å². The smallest absolute Gasteiger partial charge is 0.253 e. The molecule has 2 aromatic carbocycles. The minimum atomic E-state index is 0.233. The molecule has 8 nitrogen and oxygen atoms in total. The van der Waals surface area contributed by atoms with Crippen molar-refractivity contribution in [3.05, 3.63) is 115 Å². The maximum atomic E-state index is 4.97. The van der Waals surface area contributed by atoms with Crippen molar-refractivity contribution in [2.75, 3.05) is 13.1 Å². The van der Waals surface area contributed by atoms with Crippen molar-refractivity contribution in [3.63, 3.8) is 0 Å². The Balaban J connectivity index is 1.16. The predicted molar refractivity (Wildman–Crippen MR) is 163 cm³/mol. The zero-order chi connectivity index (χ0) is 28.3. The third-order valence-corrected chi connectivity index (χ3v) is 7.31. The summed E-state index contributed by atoms with van der Waals surface area (Å²) in [5, 5.41) is 12.1. The minimum absolute atomic E-state index is 0.233. The van der Waals surface area contributed by atoms with Crippen LogP contribution in [-0.2, 0) is 6.54 Å². The van der Waals surface area contributed by atoms with E-state index in [0.717, 1.165) is 65.1 Å². The Kier molecular flexibility index (Phi) is 7.39. The predicted octanol–water partition coefficient (Wildman–Crippen LogP) is 6.44. The van der Waals surface area contributed by atoms with Gasteiger partial charge < -0.3 is 0 Å². The second-order valence-corrected chi connectivity index (χ2v) is 10.8. The molecule has 3 aromatic heterocycles. The van der Waals surface area contributed by atoms with Crippen molar-refractivity contribution < 1.29 is 0 Å². The van der Waals surface area contributed by atoms with Gasteiger partial charge in [0.1, 0.15) is 0 Å². The normalized spacial score (nSPS) is 14.5. The first-order valence-corrected chi connectivity index (χ1v) is 14.0. The van der Waals surface area contributed by atoms with E-state index in [2.05, 4.69) is 87.0 Å². The summed E-state index contributed by atoms with van der Waals surface area (Å²) in [4.78, 5) is 16.7. The summed E-state index contributed by atoms with van der Waals surface area (Å²) in [6, 6.07) is 19.0. The zero-order valence-electron chi connectivity index (χ0n) is 23.7. The number of likely N-dealkylation sites (tertiary alicyclic amines) is 1. The van der Waals surface area contributed by atoms with Gasteiger partial charge in [-0.25, -0.2) is 14.5 Å². The van der Waals surface area contributed by atoms with Gasteiger partial charge in [0.15, 0.2) is 17.5 Å². The molecule has 6 rings (SSSR count). The minimum Gasteiger partial charge on any atom is -0.298 e. The molecule has 0 unspecified atom stereocenters.